The Morgan fingerprint density at radius 3 is 2.64 bits per heavy atom. The van der Waals surface area contributed by atoms with E-state index in [1.54, 1.807) is 11.3 Å². The highest BCUT2D eigenvalue weighted by molar-refractivity contribution is 7.09. The van der Waals surface area contributed by atoms with Gasteiger partial charge in [0.2, 0.25) is 0 Å². The van der Waals surface area contributed by atoms with Crippen molar-refractivity contribution in [3.63, 3.8) is 0 Å². The first-order valence-electron chi connectivity index (χ1n) is 7.11. The summed E-state index contributed by atoms with van der Waals surface area (Å²) in [4.78, 5) is 4.47. The highest BCUT2D eigenvalue weighted by Crippen LogP contribution is 2.23. The van der Waals surface area contributed by atoms with Crippen molar-refractivity contribution >= 4 is 11.3 Å². The van der Waals surface area contributed by atoms with Crippen LogP contribution in [0, 0.1) is 12.7 Å². The van der Waals surface area contributed by atoms with Gasteiger partial charge >= 0.3 is 0 Å². The van der Waals surface area contributed by atoms with Gasteiger partial charge in [-0.05, 0) is 45.0 Å². The Balaban J connectivity index is 1.79. The number of aromatic nitrogens is 1. The average molecular weight is 324 g/mol. The second kappa shape index (κ2) is 7.17. The summed E-state index contributed by atoms with van der Waals surface area (Å²) in [6.45, 7) is 6.54. The number of nitrogens with one attached hydrogen (secondary N) is 1. The number of hydrogen-bond acceptors (Lipinski definition) is 5. The Morgan fingerprint density at radius 2 is 2.05 bits per heavy atom. The molecule has 1 atom stereocenters. The van der Waals surface area contributed by atoms with Gasteiger partial charge in [-0.3, -0.25) is 0 Å². The quantitative estimate of drug-likeness (QED) is 0.822. The summed E-state index contributed by atoms with van der Waals surface area (Å²) in [5.74, 6) is 0.227. The molecule has 0 bridgehead atoms. The van der Waals surface area contributed by atoms with Crippen molar-refractivity contribution < 1.29 is 14.2 Å². The number of benzene rings is 1. The molecular formula is C16H21FN2O2S. The fourth-order valence-corrected chi connectivity index (χ4v) is 2.77. The molecule has 1 heterocycles. The number of hydrogen-bond donors (Lipinski definition) is 2. The Morgan fingerprint density at radius 1 is 1.36 bits per heavy atom. The average Bonchev–Trinajstić information content (AvgIpc) is 2.92. The predicted molar refractivity (Wildman–Crippen MR) is 85.8 cm³/mol. The minimum Gasteiger partial charge on any atom is -0.491 e. The maximum absolute atomic E-state index is 12.8. The van der Waals surface area contributed by atoms with E-state index in [9.17, 15) is 9.50 Å². The molecular weight excluding hydrogens is 303 g/mol. The fourth-order valence-electron chi connectivity index (χ4n) is 1.87. The highest BCUT2D eigenvalue weighted by Gasteiger charge is 2.24. The molecule has 22 heavy (non-hydrogen) atoms. The summed E-state index contributed by atoms with van der Waals surface area (Å²) in [6.07, 6.45) is -0.662. The zero-order chi connectivity index (χ0) is 16.2. The van der Waals surface area contributed by atoms with Crippen molar-refractivity contribution in [3.8, 4) is 5.75 Å². The number of aliphatic hydroxyl groups is 1. The van der Waals surface area contributed by atoms with Crippen molar-refractivity contribution in [3.05, 3.63) is 46.2 Å². The van der Waals surface area contributed by atoms with E-state index in [0.717, 1.165) is 10.7 Å². The van der Waals surface area contributed by atoms with Gasteiger partial charge in [0.05, 0.1) is 5.54 Å². The van der Waals surface area contributed by atoms with Crippen molar-refractivity contribution in [2.75, 3.05) is 13.2 Å². The summed E-state index contributed by atoms with van der Waals surface area (Å²) in [6, 6.07) is 5.73. The molecule has 2 rings (SSSR count). The van der Waals surface area contributed by atoms with Crippen LogP contribution in [0.2, 0.25) is 0 Å². The summed E-state index contributed by atoms with van der Waals surface area (Å²) in [5, 5.41) is 16.3. The van der Waals surface area contributed by atoms with E-state index < -0.39 is 6.10 Å². The van der Waals surface area contributed by atoms with Gasteiger partial charge in [-0.2, -0.15) is 0 Å². The summed E-state index contributed by atoms with van der Waals surface area (Å²) in [5.41, 5.74) is 0.686. The second-order valence-electron chi connectivity index (χ2n) is 5.72. The fraction of sp³-hybridized carbons (Fsp3) is 0.438. The topological polar surface area (TPSA) is 54.4 Å². The lowest BCUT2D eigenvalue weighted by Crippen LogP contribution is -2.42. The molecule has 6 heteroatoms. The van der Waals surface area contributed by atoms with Crippen molar-refractivity contribution in [2.24, 2.45) is 0 Å². The number of aliphatic hydroxyl groups excluding tert-OH is 1. The molecule has 2 N–H and O–H groups in total. The number of aryl methyl sites for hydroxylation is 1. The van der Waals surface area contributed by atoms with Crippen molar-refractivity contribution in [1.29, 1.82) is 0 Å². The number of thiazole rings is 1. The molecule has 0 saturated heterocycles. The van der Waals surface area contributed by atoms with Gasteiger partial charge in [-0.15, -0.1) is 11.3 Å². The van der Waals surface area contributed by atoms with Gasteiger partial charge in [0, 0.05) is 17.6 Å². The summed E-state index contributed by atoms with van der Waals surface area (Å²) in [7, 11) is 0. The molecule has 0 aliphatic carbocycles. The SMILES string of the molecule is Cc1csc(C(C)(C)NCC(O)COc2ccc(F)cc2)n1. The van der Waals surface area contributed by atoms with E-state index in [0.29, 0.717) is 12.3 Å². The minimum absolute atomic E-state index is 0.144. The van der Waals surface area contributed by atoms with Crippen LogP contribution in [-0.4, -0.2) is 29.3 Å². The zero-order valence-electron chi connectivity index (χ0n) is 13.0. The van der Waals surface area contributed by atoms with E-state index in [1.807, 2.05) is 26.2 Å². The standard InChI is InChI=1S/C16H21FN2O2S/c1-11-10-22-15(19-11)16(2,3)18-8-13(20)9-21-14-6-4-12(17)5-7-14/h4-7,10,13,18,20H,8-9H2,1-3H3. The van der Waals surface area contributed by atoms with Crippen molar-refractivity contribution in [1.82, 2.24) is 10.3 Å². The molecule has 4 nitrogen and oxygen atoms in total. The van der Waals surface area contributed by atoms with Crippen LogP contribution in [-0.2, 0) is 5.54 Å². The molecule has 0 aliphatic rings. The van der Waals surface area contributed by atoms with Crippen LogP contribution in [0.1, 0.15) is 24.5 Å². The molecule has 1 unspecified atom stereocenters. The van der Waals surface area contributed by atoms with Crippen LogP contribution in [0.15, 0.2) is 29.6 Å². The van der Waals surface area contributed by atoms with E-state index in [2.05, 4.69) is 10.3 Å². The minimum atomic E-state index is -0.662. The molecule has 1 aromatic carbocycles. The highest BCUT2D eigenvalue weighted by atomic mass is 32.1. The first-order valence-corrected chi connectivity index (χ1v) is 7.99. The Hall–Kier alpha value is -1.50. The Kier molecular flexibility index (Phi) is 5.50. The Labute approximate surface area is 134 Å². The van der Waals surface area contributed by atoms with Crippen LogP contribution in [0.5, 0.6) is 5.75 Å². The number of nitrogens with zero attached hydrogens (tertiary/aromatic N) is 1. The smallest absolute Gasteiger partial charge is 0.123 e. The monoisotopic (exact) mass is 324 g/mol. The van der Waals surface area contributed by atoms with Crippen LogP contribution in [0.25, 0.3) is 0 Å². The summed E-state index contributed by atoms with van der Waals surface area (Å²) < 4.78 is 18.2. The summed E-state index contributed by atoms with van der Waals surface area (Å²) >= 11 is 1.60. The molecule has 120 valence electrons. The third-order valence-corrected chi connectivity index (χ3v) is 4.47. The lowest BCUT2D eigenvalue weighted by Gasteiger charge is -2.25. The van der Waals surface area contributed by atoms with Gasteiger partial charge in [-0.25, -0.2) is 9.37 Å². The van der Waals surface area contributed by atoms with E-state index >= 15 is 0 Å². The van der Waals surface area contributed by atoms with Crippen molar-refractivity contribution in [2.45, 2.75) is 32.4 Å². The van der Waals surface area contributed by atoms with Gasteiger partial charge in [0.15, 0.2) is 0 Å². The van der Waals surface area contributed by atoms with Crippen LogP contribution < -0.4 is 10.1 Å². The molecule has 0 aliphatic heterocycles. The molecule has 0 fully saturated rings. The lowest BCUT2D eigenvalue weighted by molar-refractivity contribution is 0.0987. The number of halogens is 1. The van der Waals surface area contributed by atoms with Crippen LogP contribution in [0.3, 0.4) is 0 Å². The third-order valence-electron chi connectivity index (χ3n) is 3.19. The number of rotatable bonds is 7. The van der Waals surface area contributed by atoms with Gasteiger partial charge in [0.25, 0.3) is 0 Å². The molecule has 1 aromatic heterocycles. The normalized spacial score (nSPS) is 13.1. The largest absolute Gasteiger partial charge is 0.491 e. The van der Waals surface area contributed by atoms with Gasteiger partial charge < -0.3 is 15.2 Å². The molecule has 2 aromatic rings. The molecule has 0 spiro atoms. The predicted octanol–water partition coefficient (Wildman–Crippen LogP) is 2.86. The lowest BCUT2D eigenvalue weighted by atomic mass is 10.1. The first-order chi connectivity index (χ1) is 10.4. The second-order valence-corrected chi connectivity index (χ2v) is 6.58. The maximum Gasteiger partial charge on any atom is 0.123 e. The van der Waals surface area contributed by atoms with Crippen LogP contribution in [0.4, 0.5) is 4.39 Å². The van der Waals surface area contributed by atoms with Gasteiger partial charge in [-0.1, -0.05) is 0 Å². The van der Waals surface area contributed by atoms with E-state index in [4.69, 9.17) is 4.74 Å². The maximum atomic E-state index is 12.8. The van der Waals surface area contributed by atoms with E-state index in [1.165, 1.54) is 24.3 Å². The molecule has 0 radical (unpaired) electrons. The third kappa shape index (κ3) is 4.76. The van der Waals surface area contributed by atoms with E-state index in [-0.39, 0.29) is 18.0 Å². The number of ether oxygens (including phenoxy) is 1. The Bertz CT molecular complexity index is 598. The van der Waals surface area contributed by atoms with Gasteiger partial charge in [0.1, 0.15) is 29.3 Å². The molecule has 0 saturated carbocycles. The molecule has 0 amide bonds. The first kappa shape index (κ1) is 16.9. The van der Waals surface area contributed by atoms with Crippen LogP contribution >= 0.6 is 11.3 Å². The zero-order valence-corrected chi connectivity index (χ0v) is 13.8.